The molecule has 2 aromatic carbocycles. The standard InChI is InChI=1S/C18H19N3/c1-3-21(15-6-4-5-13(2)11-15)17-8-7-14-12-20-10-9-16(14)18(17)19/h4-12H,3,19H2,1-2H3. The van der Waals surface area contributed by atoms with E-state index in [0.717, 1.165) is 34.4 Å². The van der Waals surface area contributed by atoms with Crippen LogP contribution < -0.4 is 10.6 Å². The quantitative estimate of drug-likeness (QED) is 0.726. The second-order valence-electron chi connectivity index (χ2n) is 5.18. The van der Waals surface area contributed by atoms with Crippen molar-refractivity contribution in [2.24, 2.45) is 0 Å². The molecule has 0 spiro atoms. The van der Waals surface area contributed by atoms with Gasteiger partial charge in [-0.3, -0.25) is 4.98 Å². The number of rotatable bonds is 3. The highest BCUT2D eigenvalue weighted by Crippen LogP contribution is 2.35. The van der Waals surface area contributed by atoms with Crippen molar-refractivity contribution in [1.29, 1.82) is 0 Å². The molecule has 21 heavy (non-hydrogen) atoms. The molecule has 0 aliphatic rings. The summed E-state index contributed by atoms with van der Waals surface area (Å²) in [4.78, 5) is 6.39. The molecule has 0 aliphatic carbocycles. The van der Waals surface area contributed by atoms with E-state index in [-0.39, 0.29) is 0 Å². The van der Waals surface area contributed by atoms with Crippen molar-refractivity contribution in [3.8, 4) is 0 Å². The number of hydrogen-bond donors (Lipinski definition) is 1. The molecular weight excluding hydrogens is 258 g/mol. The van der Waals surface area contributed by atoms with Crippen molar-refractivity contribution >= 4 is 27.8 Å². The summed E-state index contributed by atoms with van der Waals surface area (Å²) in [7, 11) is 0. The zero-order valence-corrected chi connectivity index (χ0v) is 12.4. The molecule has 3 heteroatoms. The Morgan fingerprint density at radius 3 is 2.76 bits per heavy atom. The van der Waals surface area contributed by atoms with Gasteiger partial charge in [-0.15, -0.1) is 0 Å². The van der Waals surface area contributed by atoms with Gasteiger partial charge in [0.2, 0.25) is 0 Å². The van der Waals surface area contributed by atoms with Gasteiger partial charge in [0.15, 0.2) is 0 Å². The summed E-state index contributed by atoms with van der Waals surface area (Å²) in [6.07, 6.45) is 3.63. The van der Waals surface area contributed by atoms with E-state index < -0.39 is 0 Å². The maximum Gasteiger partial charge on any atom is 0.0651 e. The number of fused-ring (bicyclic) bond motifs is 1. The van der Waals surface area contributed by atoms with Crippen molar-refractivity contribution in [2.45, 2.75) is 13.8 Å². The molecule has 106 valence electrons. The van der Waals surface area contributed by atoms with Crippen molar-refractivity contribution in [3.05, 3.63) is 60.4 Å². The van der Waals surface area contributed by atoms with Crippen LogP contribution in [-0.2, 0) is 0 Å². The molecule has 0 atom stereocenters. The first-order valence-electron chi connectivity index (χ1n) is 7.17. The van der Waals surface area contributed by atoms with Crippen LogP contribution in [0.2, 0.25) is 0 Å². The Balaban J connectivity index is 2.15. The monoisotopic (exact) mass is 277 g/mol. The third kappa shape index (κ3) is 2.42. The maximum atomic E-state index is 6.40. The van der Waals surface area contributed by atoms with Gasteiger partial charge in [0.1, 0.15) is 0 Å². The van der Waals surface area contributed by atoms with E-state index >= 15 is 0 Å². The van der Waals surface area contributed by atoms with Crippen LogP contribution >= 0.6 is 0 Å². The molecule has 0 bridgehead atoms. The van der Waals surface area contributed by atoms with E-state index in [1.54, 1.807) is 6.20 Å². The van der Waals surface area contributed by atoms with Crippen molar-refractivity contribution in [2.75, 3.05) is 17.2 Å². The Morgan fingerprint density at radius 1 is 1.14 bits per heavy atom. The maximum absolute atomic E-state index is 6.40. The third-order valence-electron chi connectivity index (χ3n) is 3.76. The summed E-state index contributed by atoms with van der Waals surface area (Å²) >= 11 is 0. The van der Waals surface area contributed by atoms with Gasteiger partial charge in [-0.25, -0.2) is 0 Å². The number of hydrogen-bond acceptors (Lipinski definition) is 3. The Hall–Kier alpha value is -2.55. The fourth-order valence-electron chi connectivity index (χ4n) is 2.70. The lowest BCUT2D eigenvalue weighted by Crippen LogP contribution is -2.17. The second kappa shape index (κ2) is 5.44. The summed E-state index contributed by atoms with van der Waals surface area (Å²) < 4.78 is 0. The number of anilines is 3. The summed E-state index contributed by atoms with van der Waals surface area (Å²) in [6, 6.07) is 14.6. The van der Waals surface area contributed by atoms with Crippen LogP contribution in [0.4, 0.5) is 17.1 Å². The zero-order valence-electron chi connectivity index (χ0n) is 12.4. The molecule has 3 rings (SSSR count). The second-order valence-corrected chi connectivity index (χ2v) is 5.18. The molecule has 1 aromatic heterocycles. The van der Waals surface area contributed by atoms with E-state index in [9.17, 15) is 0 Å². The van der Waals surface area contributed by atoms with Crippen LogP contribution in [0.1, 0.15) is 12.5 Å². The van der Waals surface area contributed by atoms with Crippen molar-refractivity contribution < 1.29 is 0 Å². The summed E-state index contributed by atoms with van der Waals surface area (Å²) in [5.74, 6) is 0. The van der Waals surface area contributed by atoms with Crippen LogP contribution in [0.25, 0.3) is 10.8 Å². The van der Waals surface area contributed by atoms with Crippen LogP contribution in [-0.4, -0.2) is 11.5 Å². The largest absolute Gasteiger partial charge is 0.397 e. The molecule has 0 saturated carbocycles. The fraction of sp³-hybridized carbons (Fsp3) is 0.167. The highest BCUT2D eigenvalue weighted by Gasteiger charge is 2.12. The van der Waals surface area contributed by atoms with Crippen LogP contribution in [0.5, 0.6) is 0 Å². The van der Waals surface area contributed by atoms with Gasteiger partial charge in [-0.2, -0.15) is 0 Å². The Labute approximate surface area is 125 Å². The summed E-state index contributed by atoms with van der Waals surface area (Å²) in [5.41, 5.74) is 10.7. The van der Waals surface area contributed by atoms with Gasteiger partial charge in [0.05, 0.1) is 11.4 Å². The van der Waals surface area contributed by atoms with E-state index in [0.29, 0.717) is 0 Å². The van der Waals surface area contributed by atoms with Gasteiger partial charge in [-0.05, 0) is 43.7 Å². The molecule has 0 aliphatic heterocycles. The minimum absolute atomic E-state index is 0.804. The average Bonchev–Trinajstić information content (AvgIpc) is 2.51. The molecule has 3 nitrogen and oxygen atoms in total. The highest BCUT2D eigenvalue weighted by molar-refractivity contribution is 5.99. The minimum Gasteiger partial charge on any atom is -0.397 e. The first-order chi connectivity index (χ1) is 10.2. The van der Waals surface area contributed by atoms with Gasteiger partial charge in [-0.1, -0.05) is 18.2 Å². The number of nitrogens with zero attached hydrogens (tertiary/aromatic N) is 2. The van der Waals surface area contributed by atoms with Gasteiger partial charge >= 0.3 is 0 Å². The van der Waals surface area contributed by atoms with E-state index in [1.807, 2.05) is 12.3 Å². The smallest absolute Gasteiger partial charge is 0.0651 e. The average molecular weight is 277 g/mol. The molecule has 0 amide bonds. The Bertz CT molecular complexity index is 780. The lowest BCUT2D eigenvalue weighted by Gasteiger charge is -2.25. The number of nitrogens with two attached hydrogens (primary N) is 1. The number of aryl methyl sites for hydroxylation is 1. The summed E-state index contributed by atoms with van der Waals surface area (Å²) in [5, 5.41) is 2.12. The molecule has 0 unspecified atom stereocenters. The number of aromatic nitrogens is 1. The predicted molar refractivity (Wildman–Crippen MR) is 90.0 cm³/mol. The van der Waals surface area contributed by atoms with Crippen LogP contribution in [0, 0.1) is 6.92 Å². The Morgan fingerprint density at radius 2 is 2.00 bits per heavy atom. The van der Waals surface area contributed by atoms with E-state index in [4.69, 9.17) is 5.73 Å². The molecule has 0 saturated heterocycles. The zero-order chi connectivity index (χ0) is 14.8. The lowest BCUT2D eigenvalue weighted by atomic mass is 10.1. The normalized spacial score (nSPS) is 10.8. The number of pyridine rings is 1. The first kappa shape index (κ1) is 13.4. The molecule has 3 aromatic rings. The fourth-order valence-corrected chi connectivity index (χ4v) is 2.70. The molecule has 2 N–H and O–H groups in total. The van der Waals surface area contributed by atoms with E-state index in [2.05, 4.69) is 60.1 Å². The lowest BCUT2D eigenvalue weighted by molar-refractivity contribution is 1.02. The number of nitrogen functional groups attached to an aromatic ring is 1. The van der Waals surface area contributed by atoms with Gasteiger partial charge < -0.3 is 10.6 Å². The molecule has 1 heterocycles. The molecule has 0 radical (unpaired) electrons. The van der Waals surface area contributed by atoms with Crippen molar-refractivity contribution in [3.63, 3.8) is 0 Å². The van der Waals surface area contributed by atoms with Gasteiger partial charge in [0, 0.05) is 35.4 Å². The molecular formula is C18H19N3. The highest BCUT2D eigenvalue weighted by atomic mass is 15.1. The topological polar surface area (TPSA) is 42.2 Å². The van der Waals surface area contributed by atoms with Crippen LogP contribution in [0.15, 0.2) is 54.9 Å². The van der Waals surface area contributed by atoms with Gasteiger partial charge in [0.25, 0.3) is 0 Å². The first-order valence-corrected chi connectivity index (χ1v) is 7.17. The predicted octanol–water partition coefficient (Wildman–Crippen LogP) is 4.28. The Kier molecular flexibility index (Phi) is 3.48. The van der Waals surface area contributed by atoms with Crippen LogP contribution in [0.3, 0.4) is 0 Å². The third-order valence-corrected chi connectivity index (χ3v) is 3.76. The number of benzene rings is 2. The van der Waals surface area contributed by atoms with Crippen molar-refractivity contribution in [1.82, 2.24) is 4.98 Å². The summed E-state index contributed by atoms with van der Waals surface area (Å²) in [6.45, 7) is 5.11. The SMILES string of the molecule is CCN(c1cccc(C)c1)c1ccc2cnccc2c1N. The minimum atomic E-state index is 0.804. The van der Waals surface area contributed by atoms with E-state index in [1.165, 1.54) is 5.56 Å². The molecule has 0 fully saturated rings.